The number of hydrogen-bond acceptors (Lipinski definition) is 2. The molecule has 1 N–H and O–H groups in total. The summed E-state index contributed by atoms with van der Waals surface area (Å²) in [6.07, 6.45) is 3.17. The number of hydrogen-bond donors (Lipinski definition) is 1. The average Bonchev–Trinajstić information content (AvgIpc) is 2.23. The molecule has 0 aliphatic heterocycles. The van der Waals surface area contributed by atoms with E-state index >= 15 is 0 Å². The number of aromatic nitrogens is 3. The molecule has 0 bridgehead atoms. The van der Waals surface area contributed by atoms with Gasteiger partial charge in [0.1, 0.15) is 0 Å². The van der Waals surface area contributed by atoms with E-state index in [1.165, 1.54) is 0 Å². The highest BCUT2D eigenvalue weighted by atomic mass is 15.3. The van der Waals surface area contributed by atoms with Crippen LogP contribution < -0.4 is 0 Å². The van der Waals surface area contributed by atoms with Gasteiger partial charge in [-0.25, -0.2) is 0 Å². The van der Waals surface area contributed by atoms with E-state index in [1.807, 2.05) is 13.8 Å². The lowest BCUT2D eigenvalue weighted by Gasteiger charge is -1.48. The molecular weight excluding hydrogens is 90.1 g/mol. The van der Waals surface area contributed by atoms with Crippen LogP contribution >= 0.6 is 0 Å². The van der Waals surface area contributed by atoms with E-state index in [0.29, 0.717) is 0 Å². The van der Waals surface area contributed by atoms with E-state index in [9.17, 15) is 0 Å². The molecule has 1 aromatic heterocycles. The maximum absolute atomic E-state index is 3.49. The maximum atomic E-state index is 3.49. The minimum absolute atomic E-state index is 1.58. The fourth-order valence-corrected chi connectivity index (χ4v) is 0.167. The summed E-state index contributed by atoms with van der Waals surface area (Å²) >= 11 is 0. The molecule has 1 heterocycles. The summed E-state index contributed by atoms with van der Waals surface area (Å²) in [7, 11) is 0. The molecule has 0 saturated carbocycles. The first-order valence-electron chi connectivity index (χ1n) is 2.30. The van der Waals surface area contributed by atoms with E-state index in [0.717, 1.165) is 0 Å². The van der Waals surface area contributed by atoms with Gasteiger partial charge in [0.05, 0.1) is 12.4 Å². The maximum Gasteiger partial charge on any atom is 0.0690 e. The third-order valence-corrected chi connectivity index (χ3v) is 0.331. The van der Waals surface area contributed by atoms with Crippen molar-refractivity contribution in [3.05, 3.63) is 12.4 Å². The fraction of sp³-hybridized carbons (Fsp3) is 0.500. The Morgan fingerprint density at radius 3 is 1.71 bits per heavy atom. The van der Waals surface area contributed by atoms with E-state index in [-0.39, 0.29) is 0 Å². The average molecular weight is 99.1 g/mol. The molecule has 7 heavy (non-hydrogen) atoms. The van der Waals surface area contributed by atoms with Gasteiger partial charge in [-0.15, -0.1) is 0 Å². The number of H-pyrrole nitrogens is 1. The molecule has 0 atom stereocenters. The summed E-state index contributed by atoms with van der Waals surface area (Å²) in [4.78, 5) is 0. The second kappa shape index (κ2) is 5.14. The molecule has 0 aliphatic rings. The Bertz CT molecular complexity index is 63.4. The molecule has 1 rings (SSSR count). The Morgan fingerprint density at radius 2 is 1.57 bits per heavy atom. The van der Waals surface area contributed by atoms with E-state index in [1.54, 1.807) is 12.4 Å². The summed E-state index contributed by atoms with van der Waals surface area (Å²) in [5, 5.41) is 9.33. The molecule has 0 amide bonds. The molecule has 0 spiro atoms. The topological polar surface area (TPSA) is 41.6 Å². The number of rotatable bonds is 0. The summed E-state index contributed by atoms with van der Waals surface area (Å²) in [5.41, 5.74) is 0. The van der Waals surface area contributed by atoms with Crippen LogP contribution in [0.5, 0.6) is 0 Å². The van der Waals surface area contributed by atoms with Gasteiger partial charge in [-0.1, -0.05) is 13.8 Å². The van der Waals surface area contributed by atoms with Gasteiger partial charge in [-0.05, 0) is 0 Å². The van der Waals surface area contributed by atoms with E-state index in [2.05, 4.69) is 15.4 Å². The van der Waals surface area contributed by atoms with Gasteiger partial charge in [0.25, 0.3) is 0 Å². The first-order valence-corrected chi connectivity index (χ1v) is 2.30. The van der Waals surface area contributed by atoms with Crippen molar-refractivity contribution in [2.45, 2.75) is 13.8 Å². The lowest BCUT2D eigenvalue weighted by Crippen LogP contribution is -1.61. The number of nitrogens with zero attached hydrogens (tertiary/aromatic N) is 2. The zero-order valence-electron chi connectivity index (χ0n) is 4.55. The van der Waals surface area contributed by atoms with Gasteiger partial charge >= 0.3 is 0 Å². The first-order chi connectivity index (χ1) is 3.50. The summed E-state index contributed by atoms with van der Waals surface area (Å²) in [6.45, 7) is 4.00. The largest absolute Gasteiger partial charge is 0.198 e. The Morgan fingerprint density at radius 1 is 1.14 bits per heavy atom. The minimum Gasteiger partial charge on any atom is -0.198 e. The molecule has 1 aromatic rings. The third kappa shape index (κ3) is 2.96. The summed E-state index contributed by atoms with van der Waals surface area (Å²) in [6, 6.07) is 0. The Balaban J connectivity index is 0.000000162. The van der Waals surface area contributed by atoms with Crippen molar-refractivity contribution in [2.24, 2.45) is 0 Å². The molecule has 3 nitrogen and oxygen atoms in total. The highest BCUT2D eigenvalue weighted by Crippen LogP contribution is 1.55. The molecule has 0 unspecified atom stereocenters. The van der Waals surface area contributed by atoms with Crippen molar-refractivity contribution in [3.63, 3.8) is 0 Å². The van der Waals surface area contributed by atoms with Crippen LogP contribution in [0.1, 0.15) is 13.8 Å². The Labute approximate surface area is 42.8 Å². The van der Waals surface area contributed by atoms with Gasteiger partial charge < -0.3 is 0 Å². The quantitative estimate of drug-likeness (QED) is 0.523. The fourth-order valence-electron chi connectivity index (χ4n) is 0.167. The third-order valence-electron chi connectivity index (χ3n) is 0.331. The molecule has 40 valence electrons. The van der Waals surface area contributed by atoms with Crippen LogP contribution in [0.4, 0.5) is 0 Å². The zero-order chi connectivity index (χ0) is 5.54. The predicted molar refractivity (Wildman–Crippen MR) is 27.7 cm³/mol. The van der Waals surface area contributed by atoms with E-state index < -0.39 is 0 Å². The minimum atomic E-state index is 1.58. The standard InChI is InChI=1S/C2H3N3.C2H6/c1-2-4-5-3-1;1-2/h1-2H,(H,3,4,5);1-2H3. The zero-order valence-corrected chi connectivity index (χ0v) is 4.55. The lowest BCUT2D eigenvalue weighted by molar-refractivity contribution is 0.940. The molecule has 3 heteroatoms. The SMILES string of the molecule is CC.c1cn[nH]n1. The van der Waals surface area contributed by atoms with Crippen LogP contribution in [0.25, 0.3) is 0 Å². The van der Waals surface area contributed by atoms with Gasteiger partial charge in [-0.2, -0.15) is 15.4 Å². The number of nitrogens with one attached hydrogen (secondary N) is 1. The number of aromatic amines is 1. The molecule has 0 aromatic carbocycles. The van der Waals surface area contributed by atoms with Crippen LogP contribution in [-0.4, -0.2) is 15.4 Å². The normalized spacial score (nSPS) is 6.57. The van der Waals surface area contributed by atoms with Crippen molar-refractivity contribution in [3.8, 4) is 0 Å². The predicted octanol–water partition coefficient (Wildman–Crippen LogP) is 0.831. The van der Waals surface area contributed by atoms with Gasteiger partial charge in [0.2, 0.25) is 0 Å². The molecule has 0 radical (unpaired) electrons. The molecular formula is C4H9N3. The molecule has 0 saturated heterocycles. The Hall–Kier alpha value is -0.860. The van der Waals surface area contributed by atoms with Crippen LogP contribution in [0, 0.1) is 0 Å². The molecule has 0 fully saturated rings. The van der Waals surface area contributed by atoms with Crippen molar-refractivity contribution in [1.82, 2.24) is 15.4 Å². The first kappa shape index (κ1) is 6.14. The van der Waals surface area contributed by atoms with Crippen molar-refractivity contribution < 1.29 is 0 Å². The van der Waals surface area contributed by atoms with Crippen LogP contribution in [-0.2, 0) is 0 Å². The lowest BCUT2D eigenvalue weighted by atomic mass is 11.0. The highest BCUT2D eigenvalue weighted by molar-refractivity contribution is 4.54. The van der Waals surface area contributed by atoms with Gasteiger partial charge in [0, 0.05) is 0 Å². The van der Waals surface area contributed by atoms with Crippen LogP contribution in [0.3, 0.4) is 0 Å². The summed E-state index contributed by atoms with van der Waals surface area (Å²) in [5.74, 6) is 0. The second-order valence-corrected chi connectivity index (χ2v) is 0.656. The van der Waals surface area contributed by atoms with Crippen molar-refractivity contribution in [2.75, 3.05) is 0 Å². The van der Waals surface area contributed by atoms with Gasteiger partial charge in [0.15, 0.2) is 0 Å². The van der Waals surface area contributed by atoms with Crippen molar-refractivity contribution in [1.29, 1.82) is 0 Å². The van der Waals surface area contributed by atoms with Gasteiger partial charge in [-0.3, -0.25) is 0 Å². The molecule has 0 aliphatic carbocycles. The van der Waals surface area contributed by atoms with Crippen LogP contribution in [0.2, 0.25) is 0 Å². The monoisotopic (exact) mass is 99.1 g/mol. The van der Waals surface area contributed by atoms with Crippen molar-refractivity contribution >= 4 is 0 Å². The smallest absolute Gasteiger partial charge is 0.0690 e. The Kier molecular flexibility index (Phi) is 4.51. The van der Waals surface area contributed by atoms with Crippen LogP contribution in [0.15, 0.2) is 12.4 Å². The highest BCUT2D eigenvalue weighted by Gasteiger charge is 1.57. The summed E-state index contributed by atoms with van der Waals surface area (Å²) < 4.78 is 0. The van der Waals surface area contributed by atoms with E-state index in [4.69, 9.17) is 0 Å². The second-order valence-electron chi connectivity index (χ2n) is 0.656.